The molecule has 2 N–H and O–H groups in total. The van der Waals surface area contributed by atoms with Crippen molar-refractivity contribution in [1.29, 1.82) is 0 Å². The average Bonchev–Trinajstić information content (AvgIpc) is 3.09. The second kappa shape index (κ2) is 10.8. The van der Waals surface area contributed by atoms with Gasteiger partial charge in [-0.15, -0.1) is 10.2 Å². The quantitative estimate of drug-likeness (QED) is 0.426. The highest BCUT2D eigenvalue weighted by Gasteiger charge is 2.16. The number of amides is 2. The highest BCUT2D eigenvalue weighted by molar-refractivity contribution is 7.99. The molecule has 0 saturated heterocycles. The second-order valence-corrected chi connectivity index (χ2v) is 8.97. The maximum absolute atomic E-state index is 12.4. The first kappa shape index (κ1) is 24.1. The van der Waals surface area contributed by atoms with E-state index in [0.717, 1.165) is 16.8 Å². The third kappa shape index (κ3) is 6.48. The molecule has 0 aliphatic rings. The van der Waals surface area contributed by atoms with Crippen LogP contribution in [0, 0.1) is 13.8 Å². The normalized spacial score (nSPS) is 10.8. The van der Waals surface area contributed by atoms with Gasteiger partial charge in [-0.2, -0.15) is 0 Å². The fourth-order valence-corrected chi connectivity index (χ4v) is 4.29. The molecule has 7 nitrogen and oxygen atoms in total. The first-order valence-electron chi connectivity index (χ1n) is 9.93. The minimum atomic E-state index is -0.255. The molecule has 0 bridgehead atoms. The Bertz CT molecular complexity index is 1130. The molecule has 3 rings (SSSR count). The van der Waals surface area contributed by atoms with E-state index in [4.69, 9.17) is 23.2 Å². The number of carbonyl (C=O) groups excluding carboxylic acids is 2. The van der Waals surface area contributed by atoms with Crippen LogP contribution in [0.1, 0.15) is 23.9 Å². The Morgan fingerprint density at radius 3 is 2.28 bits per heavy atom. The molecule has 0 aliphatic carbocycles. The molecule has 10 heteroatoms. The van der Waals surface area contributed by atoms with Crippen molar-refractivity contribution < 1.29 is 9.59 Å². The van der Waals surface area contributed by atoms with Crippen molar-refractivity contribution in [2.75, 3.05) is 16.4 Å². The van der Waals surface area contributed by atoms with Crippen LogP contribution >= 0.6 is 35.0 Å². The van der Waals surface area contributed by atoms with Gasteiger partial charge in [-0.25, -0.2) is 0 Å². The lowest BCUT2D eigenvalue weighted by atomic mass is 10.1. The van der Waals surface area contributed by atoms with Gasteiger partial charge >= 0.3 is 0 Å². The molecule has 2 aromatic carbocycles. The molecule has 0 atom stereocenters. The summed E-state index contributed by atoms with van der Waals surface area (Å²) < 4.78 is 1.82. The summed E-state index contributed by atoms with van der Waals surface area (Å²) in [6.07, 6.45) is 0.0381. The van der Waals surface area contributed by atoms with E-state index in [2.05, 4.69) is 20.8 Å². The molecule has 0 radical (unpaired) electrons. The Morgan fingerprint density at radius 1 is 0.938 bits per heavy atom. The Hall–Kier alpha value is -2.55. The summed E-state index contributed by atoms with van der Waals surface area (Å²) in [5.41, 5.74) is 3.49. The van der Waals surface area contributed by atoms with E-state index in [-0.39, 0.29) is 24.0 Å². The Balaban J connectivity index is 1.59. The minimum Gasteiger partial charge on any atom is -0.326 e. The lowest BCUT2D eigenvalue weighted by Gasteiger charge is -2.09. The number of nitrogens with one attached hydrogen (secondary N) is 2. The fraction of sp³-hybridized carbons (Fsp3) is 0.273. The van der Waals surface area contributed by atoms with Crippen LogP contribution in [0.5, 0.6) is 0 Å². The Morgan fingerprint density at radius 2 is 1.62 bits per heavy atom. The standard InChI is InChI=1S/C22H23Cl2N5O2S/c1-4-29-19(11-20(30)25-15-5-6-17(23)18(24)10-15)27-28-22(29)32-12-21(31)26-16-8-13(2)7-14(3)9-16/h5-10H,4,11-12H2,1-3H3,(H,25,30)(H,26,31). The van der Waals surface area contributed by atoms with E-state index in [9.17, 15) is 9.59 Å². The molecule has 168 valence electrons. The van der Waals surface area contributed by atoms with Crippen LogP contribution in [0.25, 0.3) is 0 Å². The van der Waals surface area contributed by atoms with Crippen molar-refractivity contribution in [3.8, 4) is 0 Å². The topological polar surface area (TPSA) is 88.9 Å². The number of hydrogen-bond acceptors (Lipinski definition) is 5. The van der Waals surface area contributed by atoms with E-state index in [0.29, 0.717) is 33.3 Å². The Labute approximate surface area is 200 Å². The third-order valence-corrected chi connectivity index (χ3v) is 6.18. The predicted molar refractivity (Wildman–Crippen MR) is 130 cm³/mol. The first-order chi connectivity index (χ1) is 15.2. The number of hydrogen-bond donors (Lipinski definition) is 2. The fourth-order valence-electron chi connectivity index (χ4n) is 3.17. The van der Waals surface area contributed by atoms with E-state index < -0.39 is 0 Å². The zero-order valence-electron chi connectivity index (χ0n) is 17.9. The zero-order chi connectivity index (χ0) is 23.3. The number of halogens is 2. The molecule has 1 aromatic heterocycles. The van der Waals surface area contributed by atoms with Crippen molar-refractivity contribution in [3.05, 3.63) is 63.4 Å². The van der Waals surface area contributed by atoms with Crippen molar-refractivity contribution >= 4 is 58.2 Å². The number of anilines is 2. The van der Waals surface area contributed by atoms with Crippen LogP contribution in [-0.2, 0) is 22.6 Å². The van der Waals surface area contributed by atoms with E-state index >= 15 is 0 Å². The molecule has 2 amide bonds. The largest absolute Gasteiger partial charge is 0.326 e. The van der Waals surface area contributed by atoms with Crippen LogP contribution in [-0.4, -0.2) is 32.3 Å². The van der Waals surface area contributed by atoms with Crippen LogP contribution in [0.3, 0.4) is 0 Å². The SMILES string of the molecule is CCn1c(CC(=O)Nc2ccc(Cl)c(Cl)c2)nnc1SCC(=O)Nc1cc(C)cc(C)c1. The maximum atomic E-state index is 12.4. The Kier molecular flexibility index (Phi) is 8.17. The third-order valence-electron chi connectivity index (χ3n) is 4.47. The van der Waals surface area contributed by atoms with Crippen molar-refractivity contribution in [2.45, 2.75) is 38.9 Å². The van der Waals surface area contributed by atoms with Gasteiger partial charge in [0.25, 0.3) is 0 Å². The number of thioether (sulfide) groups is 1. The number of benzene rings is 2. The van der Waals surface area contributed by atoms with Crippen molar-refractivity contribution in [3.63, 3.8) is 0 Å². The van der Waals surface area contributed by atoms with Gasteiger partial charge < -0.3 is 15.2 Å². The lowest BCUT2D eigenvalue weighted by Crippen LogP contribution is -2.18. The number of rotatable bonds is 8. The second-order valence-electron chi connectivity index (χ2n) is 7.21. The lowest BCUT2D eigenvalue weighted by molar-refractivity contribution is -0.116. The molecular weight excluding hydrogens is 469 g/mol. The van der Waals surface area contributed by atoms with Crippen molar-refractivity contribution in [1.82, 2.24) is 14.8 Å². The summed E-state index contributed by atoms with van der Waals surface area (Å²) in [4.78, 5) is 24.8. The monoisotopic (exact) mass is 491 g/mol. The molecule has 0 unspecified atom stereocenters. The highest BCUT2D eigenvalue weighted by Crippen LogP contribution is 2.25. The highest BCUT2D eigenvalue weighted by atomic mass is 35.5. The van der Waals surface area contributed by atoms with E-state index in [1.807, 2.05) is 43.5 Å². The minimum absolute atomic E-state index is 0.0381. The van der Waals surface area contributed by atoms with Gasteiger partial charge in [0.05, 0.1) is 22.2 Å². The molecule has 32 heavy (non-hydrogen) atoms. The van der Waals surface area contributed by atoms with Crippen molar-refractivity contribution in [2.24, 2.45) is 0 Å². The zero-order valence-corrected chi connectivity index (χ0v) is 20.2. The van der Waals surface area contributed by atoms with Gasteiger partial charge in [0.2, 0.25) is 11.8 Å². The van der Waals surface area contributed by atoms with Gasteiger partial charge in [0, 0.05) is 17.9 Å². The number of aromatic nitrogens is 3. The van der Waals surface area contributed by atoms with E-state index in [1.165, 1.54) is 11.8 Å². The van der Waals surface area contributed by atoms with Gasteiger partial charge in [-0.05, 0) is 62.2 Å². The summed E-state index contributed by atoms with van der Waals surface area (Å²) in [6.45, 7) is 6.48. The molecule has 1 heterocycles. The summed E-state index contributed by atoms with van der Waals surface area (Å²) >= 11 is 13.2. The first-order valence-corrected chi connectivity index (χ1v) is 11.7. The van der Waals surface area contributed by atoms with Crippen LogP contribution in [0.15, 0.2) is 41.6 Å². The van der Waals surface area contributed by atoms with Gasteiger partial charge in [0.15, 0.2) is 5.16 Å². The van der Waals surface area contributed by atoms with Gasteiger partial charge in [-0.3, -0.25) is 9.59 Å². The molecule has 0 fully saturated rings. The predicted octanol–water partition coefficient (Wildman–Crippen LogP) is 5.13. The number of nitrogens with zero attached hydrogens (tertiary/aromatic N) is 3. The van der Waals surface area contributed by atoms with Gasteiger partial charge in [-0.1, -0.05) is 41.0 Å². The summed E-state index contributed by atoms with van der Waals surface area (Å²) in [5.74, 6) is 0.307. The molecule has 0 aliphatic heterocycles. The maximum Gasteiger partial charge on any atom is 0.234 e. The van der Waals surface area contributed by atoms with E-state index in [1.54, 1.807) is 18.2 Å². The number of aryl methyl sites for hydroxylation is 2. The summed E-state index contributed by atoms with van der Waals surface area (Å²) in [7, 11) is 0. The van der Waals surface area contributed by atoms with Gasteiger partial charge in [0.1, 0.15) is 5.82 Å². The molecule has 3 aromatic rings. The number of carbonyl (C=O) groups is 2. The van der Waals surface area contributed by atoms with Crippen LogP contribution < -0.4 is 10.6 Å². The van der Waals surface area contributed by atoms with Crippen LogP contribution in [0.2, 0.25) is 10.0 Å². The summed E-state index contributed by atoms with van der Waals surface area (Å²) in [6, 6.07) is 10.8. The van der Waals surface area contributed by atoms with Crippen LogP contribution in [0.4, 0.5) is 11.4 Å². The molecular formula is C22H23Cl2N5O2S. The molecule has 0 spiro atoms. The molecule has 0 saturated carbocycles. The smallest absolute Gasteiger partial charge is 0.234 e. The summed E-state index contributed by atoms with van der Waals surface area (Å²) in [5, 5.41) is 15.3. The average molecular weight is 492 g/mol.